The second kappa shape index (κ2) is 4.40. The molecule has 0 aromatic rings. The highest BCUT2D eigenvalue weighted by molar-refractivity contribution is 4.89. The molecule has 0 aromatic carbocycles. The SMILES string of the molecule is CC1(C)CC(N[C@@H]2CCC[C@H]2O)CCO1. The summed E-state index contributed by atoms with van der Waals surface area (Å²) in [4.78, 5) is 0. The number of aliphatic hydroxyl groups is 1. The van der Waals surface area contributed by atoms with E-state index in [1.54, 1.807) is 0 Å². The van der Waals surface area contributed by atoms with Gasteiger partial charge in [-0.15, -0.1) is 0 Å². The Bertz CT molecular complexity index is 218. The lowest BCUT2D eigenvalue weighted by atomic mass is 9.93. The predicted octanol–water partition coefficient (Wildman–Crippen LogP) is 1.45. The first-order valence-electron chi connectivity index (χ1n) is 6.15. The molecule has 1 heterocycles. The fourth-order valence-electron chi connectivity index (χ4n) is 2.81. The first-order chi connectivity index (χ1) is 7.07. The molecule has 3 nitrogen and oxygen atoms in total. The summed E-state index contributed by atoms with van der Waals surface area (Å²) in [7, 11) is 0. The van der Waals surface area contributed by atoms with E-state index in [4.69, 9.17) is 4.74 Å². The van der Waals surface area contributed by atoms with Gasteiger partial charge in [-0.3, -0.25) is 0 Å². The lowest BCUT2D eigenvalue weighted by Crippen LogP contribution is -2.49. The second-order valence-electron chi connectivity index (χ2n) is 5.57. The molecule has 0 amide bonds. The molecule has 1 saturated carbocycles. The van der Waals surface area contributed by atoms with Gasteiger partial charge in [-0.2, -0.15) is 0 Å². The Hall–Kier alpha value is -0.120. The largest absolute Gasteiger partial charge is 0.392 e. The van der Waals surface area contributed by atoms with Gasteiger partial charge in [0.15, 0.2) is 0 Å². The molecule has 1 unspecified atom stereocenters. The van der Waals surface area contributed by atoms with E-state index in [0.717, 1.165) is 38.7 Å². The van der Waals surface area contributed by atoms with Crippen molar-refractivity contribution in [2.24, 2.45) is 0 Å². The quantitative estimate of drug-likeness (QED) is 0.729. The number of aliphatic hydroxyl groups excluding tert-OH is 1. The third-order valence-electron chi connectivity index (χ3n) is 3.63. The van der Waals surface area contributed by atoms with Gasteiger partial charge < -0.3 is 15.2 Å². The van der Waals surface area contributed by atoms with Crippen molar-refractivity contribution in [3.8, 4) is 0 Å². The van der Waals surface area contributed by atoms with Crippen LogP contribution in [0, 0.1) is 0 Å². The Morgan fingerprint density at radius 3 is 2.67 bits per heavy atom. The molecule has 2 rings (SSSR count). The van der Waals surface area contributed by atoms with Crippen LogP contribution in [0.1, 0.15) is 46.0 Å². The van der Waals surface area contributed by atoms with E-state index < -0.39 is 0 Å². The first kappa shape index (κ1) is 11.4. The van der Waals surface area contributed by atoms with E-state index in [2.05, 4.69) is 19.2 Å². The summed E-state index contributed by atoms with van der Waals surface area (Å²) in [5.41, 5.74) is -0.000522. The van der Waals surface area contributed by atoms with Crippen molar-refractivity contribution in [1.29, 1.82) is 0 Å². The van der Waals surface area contributed by atoms with Gasteiger partial charge in [-0.05, 0) is 46.0 Å². The molecular formula is C12H23NO2. The van der Waals surface area contributed by atoms with Gasteiger partial charge in [0.25, 0.3) is 0 Å². The number of hydrogen-bond donors (Lipinski definition) is 2. The highest BCUT2D eigenvalue weighted by atomic mass is 16.5. The molecule has 1 saturated heterocycles. The zero-order chi connectivity index (χ0) is 10.9. The van der Waals surface area contributed by atoms with Crippen LogP contribution < -0.4 is 5.32 Å². The van der Waals surface area contributed by atoms with Crippen LogP contribution in [0.25, 0.3) is 0 Å². The van der Waals surface area contributed by atoms with Crippen molar-refractivity contribution in [3.05, 3.63) is 0 Å². The summed E-state index contributed by atoms with van der Waals surface area (Å²) in [6, 6.07) is 0.843. The molecule has 15 heavy (non-hydrogen) atoms. The van der Waals surface area contributed by atoms with E-state index in [9.17, 15) is 5.11 Å². The minimum atomic E-state index is -0.129. The van der Waals surface area contributed by atoms with Crippen LogP contribution in [0.2, 0.25) is 0 Å². The van der Waals surface area contributed by atoms with Crippen molar-refractivity contribution in [3.63, 3.8) is 0 Å². The lowest BCUT2D eigenvalue weighted by molar-refractivity contribution is -0.0656. The summed E-state index contributed by atoms with van der Waals surface area (Å²) in [6.07, 6.45) is 5.24. The van der Waals surface area contributed by atoms with Crippen LogP contribution in [-0.2, 0) is 4.74 Å². The summed E-state index contributed by atoms with van der Waals surface area (Å²) < 4.78 is 5.68. The average Bonchev–Trinajstić information content (AvgIpc) is 2.50. The molecule has 2 fully saturated rings. The standard InChI is InChI=1S/C12H23NO2/c1-12(2)8-9(6-7-15-12)13-10-4-3-5-11(10)14/h9-11,13-14H,3-8H2,1-2H3/t9?,10-,11-/m1/s1. The molecule has 0 aromatic heterocycles. The molecule has 0 bridgehead atoms. The number of nitrogens with one attached hydrogen (secondary N) is 1. The van der Waals surface area contributed by atoms with Crippen molar-refractivity contribution >= 4 is 0 Å². The van der Waals surface area contributed by atoms with Crippen LogP contribution in [0.5, 0.6) is 0 Å². The summed E-state index contributed by atoms with van der Waals surface area (Å²) in [5.74, 6) is 0. The first-order valence-corrected chi connectivity index (χ1v) is 6.15. The van der Waals surface area contributed by atoms with Gasteiger partial charge in [0.05, 0.1) is 11.7 Å². The van der Waals surface area contributed by atoms with Gasteiger partial charge in [-0.25, -0.2) is 0 Å². The van der Waals surface area contributed by atoms with E-state index in [1.165, 1.54) is 0 Å². The molecule has 1 aliphatic carbocycles. The monoisotopic (exact) mass is 213 g/mol. The second-order valence-corrected chi connectivity index (χ2v) is 5.57. The van der Waals surface area contributed by atoms with Gasteiger partial charge in [-0.1, -0.05) is 0 Å². The Morgan fingerprint density at radius 1 is 1.27 bits per heavy atom. The maximum atomic E-state index is 9.76. The number of hydrogen-bond acceptors (Lipinski definition) is 3. The maximum absolute atomic E-state index is 9.76. The lowest BCUT2D eigenvalue weighted by Gasteiger charge is -2.37. The van der Waals surface area contributed by atoms with E-state index in [0.29, 0.717) is 12.1 Å². The Kier molecular flexibility index (Phi) is 3.33. The smallest absolute Gasteiger partial charge is 0.0693 e. The third-order valence-corrected chi connectivity index (χ3v) is 3.63. The fourth-order valence-corrected chi connectivity index (χ4v) is 2.81. The molecule has 2 N–H and O–H groups in total. The van der Waals surface area contributed by atoms with Crippen LogP contribution in [0.15, 0.2) is 0 Å². The van der Waals surface area contributed by atoms with Crippen LogP contribution in [-0.4, -0.2) is 35.5 Å². The van der Waals surface area contributed by atoms with Crippen molar-refractivity contribution in [1.82, 2.24) is 5.32 Å². The molecule has 0 radical (unpaired) electrons. The highest BCUT2D eigenvalue weighted by Gasteiger charge is 2.32. The van der Waals surface area contributed by atoms with Crippen molar-refractivity contribution < 1.29 is 9.84 Å². The van der Waals surface area contributed by atoms with E-state index >= 15 is 0 Å². The van der Waals surface area contributed by atoms with Gasteiger partial charge in [0.2, 0.25) is 0 Å². The van der Waals surface area contributed by atoms with Crippen LogP contribution in [0.3, 0.4) is 0 Å². The molecular weight excluding hydrogens is 190 g/mol. The zero-order valence-corrected chi connectivity index (χ0v) is 9.83. The third kappa shape index (κ3) is 2.92. The fraction of sp³-hybridized carbons (Fsp3) is 1.00. The van der Waals surface area contributed by atoms with Gasteiger partial charge >= 0.3 is 0 Å². The number of ether oxygens (including phenoxy) is 1. The Morgan fingerprint density at radius 2 is 2.07 bits per heavy atom. The molecule has 1 aliphatic heterocycles. The van der Waals surface area contributed by atoms with Crippen molar-refractivity contribution in [2.75, 3.05) is 6.61 Å². The average molecular weight is 213 g/mol. The Labute approximate surface area is 92.2 Å². The summed E-state index contributed by atoms with van der Waals surface area (Å²) in [5, 5.41) is 13.3. The molecule has 88 valence electrons. The maximum Gasteiger partial charge on any atom is 0.0693 e. The van der Waals surface area contributed by atoms with E-state index in [1.807, 2.05) is 0 Å². The summed E-state index contributed by atoms with van der Waals surface area (Å²) >= 11 is 0. The Balaban J connectivity index is 1.83. The predicted molar refractivity (Wildman–Crippen MR) is 59.8 cm³/mol. The minimum absolute atomic E-state index is 0.000522. The van der Waals surface area contributed by atoms with E-state index in [-0.39, 0.29) is 11.7 Å². The topological polar surface area (TPSA) is 41.5 Å². The van der Waals surface area contributed by atoms with Gasteiger partial charge in [0.1, 0.15) is 0 Å². The van der Waals surface area contributed by atoms with Gasteiger partial charge in [0, 0.05) is 18.7 Å². The molecule has 3 atom stereocenters. The number of rotatable bonds is 2. The normalized spacial score (nSPS) is 40.6. The van der Waals surface area contributed by atoms with Crippen LogP contribution in [0.4, 0.5) is 0 Å². The van der Waals surface area contributed by atoms with Crippen molar-refractivity contribution in [2.45, 2.75) is 69.7 Å². The molecule has 3 heteroatoms. The summed E-state index contributed by atoms with van der Waals surface area (Å²) in [6.45, 7) is 5.13. The highest BCUT2D eigenvalue weighted by Crippen LogP contribution is 2.26. The molecule has 2 aliphatic rings. The zero-order valence-electron chi connectivity index (χ0n) is 9.83. The van der Waals surface area contributed by atoms with Crippen LogP contribution >= 0.6 is 0 Å². The minimum Gasteiger partial charge on any atom is -0.392 e. The molecule has 0 spiro atoms.